The van der Waals surface area contributed by atoms with Gasteiger partial charge >= 0.3 is 0 Å². The summed E-state index contributed by atoms with van der Waals surface area (Å²) in [6.07, 6.45) is 1.81. The number of methoxy groups -OCH3 is 1. The Hall–Kier alpha value is -4.40. The molecule has 6 rings (SSSR count). The van der Waals surface area contributed by atoms with Crippen LogP contribution in [0.15, 0.2) is 48.7 Å². The number of nitrogens with one attached hydrogen (secondary N) is 1. The molecule has 0 saturated carbocycles. The van der Waals surface area contributed by atoms with E-state index in [0.717, 1.165) is 50.4 Å². The van der Waals surface area contributed by atoms with Gasteiger partial charge in [-0.15, -0.1) is 0 Å². The van der Waals surface area contributed by atoms with E-state index < -0.39 is 0 Å². The van der Waals surface area contributed by atoms with Crippen molar-refractivity contribution in [2.24, 2.45) is 0 Å². The maximum atomic E-state index is 6.09. The second kappa shape index (κ2) is 7.87. The predicted molar refractivity (Wildman–Crippen MR) is 131 cm³/mol. The quantitative estimate of drug-likeness (QED) is 0.423. The minimum Gasteiger partial charge on any atom is -0.497 e. The van der Waals surface area contributed by atoms with E-state index in [9.17, 15) is 0 Å². The summed E-state index contributed by atoms with van der Waals surface area (Å²) < 4.78 is 11.5. The van der Waals surface area contributed by atoms with Crippen LogP contribution >= 0.6 is 0 Å². The number of nitrogen functional groups attached to an aromatic ring is 1. The first-order valence-corrected chi connectivity index (χ1v) is 11.0. The number of H-pyrrole nitrogens is 1. The SMILES string of the molecule is COc1ccc2c(N3CCOc4ccc(-c5cnc6nc(N)[nH]c6c5)cc4C3)nc(C)nc2c1. The second-order valence-corrected chi connectivity index (χ2v) is 8.29. The van der Waals surface area contributed by atoms with Crippen molar-refractivity contribution >= 4 is 33.8 Å². The van der Waals surface area contributed by atoms with Crippen LogP contribution < -0.4 is 20.1 Å². The molecular formula is C25H23N7O2. The van der Waals surface area contributed by atoms with Crippen LogP contribution in [0, 0.1) is 6.92 Å². The van der Waals surface area contributed by atoms with Gasteiger partial charge in [-0.1, -0.05) is 6.07 Å². The molecule has 34 heavy (non-hydrogen) atoms. The third-order valence-corrected chi connectivity index (χ3v) is 6.02. The Balaban J connectivity index is 1.40. The number of pyridine rings is 1. The molecule has 0 bridgehead atoms. The van der Waals surface area contributed by atoms with Crippen LogP contribution in [0.4, 0.5) is 11.8 Å². The first kappa shape index (κ1) is 20.2. The molecule has 0 amide bonds. The number of aromatic nitrogens is 5. The van der Waals surface area contributed by atoms with Gasteiger partial charge in [-0.3, -0.25) is 0 Å². The Kier molecular flexibility index (Phi) is 4.68. The van der Waals surface area contributed by atoms with Crippen LogP contribution in [0.25, 0.3) is 33.2 Å². The van der Waals surface area contributed by atoms with Gasteiger partial charge in [-0.05, 0) is 42.8 Å². The highest BCUT2D eigenvalue weighted by atomic mass is 16.5. The molecule has 0 atom stereocenters. The minimum atomic E-state index is 0.357. The molecule has 0 saturated heterocycles. The van der Waals surface area contributed by atoms with Crippen molar-refractivity contribution < 1.29 is 9.47 Å². The zero-order valence-electron chi connectivity index (χ0n) is 18.9. The van der Waals surface area contributed by atoms with E-state index in [0.29, 0.717) is 37.1 Å². The molecule has 1 aliphatic rings. The lowest BCUT2D eigenvalue weighted by Crippen LogP contribution is -2.26. The topological polar surface area (TPSA) is 115 Å². The van der Waals surface area contributed by atoms with Gasteiger partial charge in [0, 0.05) is 35.3 Å². The number of ether oxygens (including phenoxy) is 2. The summed E-state index contributed by atoms with van der Waals surface area (Å²) in [5, 5.41) is 0.984. The number of benzene rings is 2. The molecule has 9 heteroatoms. The fourth-order valence-electron chi connectivity index (χ4n) is 4.41. The molecule has 170 valence electrons. The standard InChI is InChI=1S/C25H23N7O2/c1-14-28-20-11-18(33-2)4-5-19(20)24(29-14)32-7-8-34-22-6-3-15(9-17(22)13-32)16-10-21-23(27-12-16)31-25(26)30-21/h3-6,9-12H,7-8,13H2,1-2H3,(H3,26,27,30,31). The van der Waals surface area contributed by atoms with Gasteiger partial charge in [-0.2, -0.15) is 4.98 Å². The largest absolute Gasteiger partial charge is 0.497 e. The first-order chi connectivity index (χ1) is 16.6. The van der Waals surface area contributed by atoms with Crippen LogP contribution in [-0.4, -0.2) is 45.2 Å². The smallest absolute Gasteiger partial charge is 0.200 e. The Morgan fingerprint density at radius 2 is 1.97 bits per heavy atom. The van der Waals surface area contributed by atoms with Gasteiger partial charge in [0.05, 0.1) is 24.7 Å². The van der Waals surface area contributed by atoms with Gasteiger partial charge in [0.15, 0.2) is 11.6 Å². The van der Waals surface area contributed by atoms with Crippen LogP contribution in [-0.2, 0) is 6.54 Å². The predicted octanol–water partition coefficient (Wildman–Crippen LogP) is 3.87. The third-order valence-electron chi connectivity index (χ3n) is 6.02. The number of rotatable bonds is 3. The molecular weight excluding hydrogens is 430 g/mol. The fraction of sp³-hybridized carbons (Fsp3) is 0.200. The van der Waals surface area contributed by atoms with Crippen molar-refractivity contribution in [3.63, 3.8) is 0 Å². The summed E-state index contributed by atoms with van der Waals surface area (Å²) in [5.74, 6) is 3.62. The van der Waals surface area contributed by atoms with E-state index >= 15 is 0 Å². The number of hydrogen-bond acceptors (Lipinski definition) is 8. The number of nitrogens with two attached hydrogens (primary N) is 1. The molecule has 0 unspecified atom stereocenters. The van der Waals surface area contributed by atoms with Crippen molar-refractivity contribution in [1.82, 2.24) is 24.9 Å². The van der Waals surface area contributed by atoms with E-state index in [4.69, 9.17) is 20.2 Å². The van der Waals surface area contributed by atoms with Gasteiger partial charge in [0.25, 0.3) is 0 Å². The van der Waals surface area contributed by atoms with E-state index in [-0.39, 0.29) is 0 Å². The van der Waals surface area contributed by atoms with Crippen molar-refractivity contribution in [3.05, 3.63) is 60.0 Å². The number of nitrogens with zero attached hydrogens (tertiary/aromatic N) is 5. The van der Waals surface area contributed by atoms with E-state index in [1.165, 1.54) is 0 Å². The van der Waals surface area contributed by atoms with Gasteiger partial charge in [0.2, 0.25) is 0 Å². The molecule has 0 radical (unpaired) electrons. The molecule has 2 aromatic carbocycles. The van der Waals surface area contributed by atoms with E-state index in [1.54, 1.807) is 7.11 Å². The normalized spacial score (nSPS) is 13.5. The van der Waals surface area contributed by atoms with Gasteiger partial charge in [-0.25, -0.2) is 15.0 Å². The summed E-state index contributed by atoms with van der Waals surface area (Å²) in [7, 11) is 1.66. The number of aromatic amines is 1. The Labute approximate surface area is 195 Å². The number of anilines is 2. The highest BCUT2D eigenvalue weighted by Crippen LogP contribution is 2.33. The number of aryl methyl sites for hydroxylation is 1. The molecule has 0 fully saturated rings. The lowest BCUT2D eigenvalue weighted by Gasteiger charge is -2.23. The monoisotopic (exact) mass is 453 g/mol. The summed E-state index contributed by atoms with van der Waals surface area (Å²) in [4.78, 5) is 23.3. The number of fused-ring (bicyclic) bond motifs is 3. The summed E-state index contributed by atoms with van der Waals surface area (Å²) in [6, 6.07) is 14.1. The van der Waals surface area contributed by atoms with Gasteiger partial charge in [0.1, 0.15) is 29.7 Å². The maximum Gasteiger partial charge on any atom is 0.200 e. The minimum absolute atomic E-state index is 0.357. The molecule has 3 N–H and O–H groups in total. The Morgan fingerprint density at radius 3 is 2.85 bits per heavy atom. The average molecular weight is 454 g/mol. The molecule has 0 aliphatic carbocycles. The lowest BCUT2D eigenvalue weighted by molar-refractivity contribution is 0.331. The van der Waals surface area contributed by atoms with Crippen LogP contribution in [0.1, 0.15) is 11.4 Å². The fourth-order valence-corrected chi connectivity index (χ4v) is 4.41. The third kappa shape index (κ3) is 3.51. The molecule has 3 aromatic heterocycles. The first-order valence-electron chi connectivity index (χ1n) is 11.0. The maximum absolute atomic E-state index is 6.09. The average Bonchev–Trinajstić information content (AvgIpc) is 3.08. The highest BCUT2D eigenvalue weighted by Gasteiger charge is 2.20. The van der Waals surface area contributed by atoms with Crippen molar-refractivity contribution in [1.29, 1.82) is 0 Å². The molecule has 5 aromatic rings. The molecule has 4 heterocycles. The lowest BCUT2D eigenvalue weighted by atomic mass is 10.0. The number of imidazole rings is 1. The zero-order chi connectivity index (χ0) is 23.2. The summed E-state index contributed by atoms with van der Waals surface area (Å²) in [6.45, 7) is 3.85. The summed E-state index contributed by atoms with van der Waals surface area (Å²) in [5.41, 5.74) is 11.1. The van der Waals surface area contributed by atoms with E-state index in [2.05, 4.69) is 30.9 Å². The zero-order valence-corrected chi connectivity index (χ0v) is 18.9. The Bertz CT molecular complexity index is 1550. The van der Waals surface area contributed by atoms with Crippen LogP contribution in [0.3, 0.4) is 0 Å². The molecule has 9 nitrogen and oxygen atoms in total. The molecule has 1 aliphatic heterocycles. The Morgan fingerprint density at radius 1 is 1.06 bits per heavy atom. The van der Waals surface area contributed by atoms with Crippen molar-refractivity contribution in [2.75, 3.05) is 30.9 Å². The van der Waals surface area contributed by atoms with E-state index in [1.807, 2.05) is 49.5 Å². The summed E-state index contributed by atoms with van der Waals surface area (Å²) >= 11 is 0. The second-order valence-electron chi connectivity index (χ2n) is 8.29. The van der Waals surface area contributed by atoms with Crippen molar-refractivity contribution in [2.45, 2.75) is 13.5 Å². The van der Waals surface area contributed by atoms with Gasteiger partial charge < -0.3 is 25.1 Å². The van der Waals surface area contributed by atoms with Crippen LogP contribution in [0.2, 0.25) is 0 Å². The highest BCUT2D eigenvalue weighted by molar-refractivity contribution is 5.90. The van der Waals surface area contributed by atoms with Crippen LogP contribution in [0.5, 0.6) is 11.5 Å². The van der Waals surface area contributed by atoms with Crippen molar-refractivity contribution in [3.8, 4) is 22.6 Å². The molecule has 0 spiro atoms. The number of hydrogen-bond donors (Lipinski definition) is 2.